The molecule has 2 rings (SSSR count). The molecule has 0 saturated heterocycles. The van der Waals surface area contributed by atoms with Gasteiger partial charge >= 0.3 is 12.6 Å². The van der Waals surface area contributed by atoms with Crippen molar-refractivity contribution in [2.75, 3.05) is 5.73 Å². The zero-order valence-electron chi connectivity index (χ0n) is 15.4. The van der Waals surface area contributed by atoms with Gasteiger partial charge in [0.2, 0.25) is 0 Å². The van der Waals surface area contributed by atoms with Crippen LogP contribution in [0.15, 0.2) is 37.2 Å². The molecule has 0 spiro atoms. The molecule has 2 aromatic heterocycles. The summed E-state index contributed by atoms with van der Waals surface area (Å²) in [6.45, 7) is 6.10. The van der Waals surface area contributed by atoms with E-state index in [0.29, 0.717) is 22.4 Å². The molecule has 2 aromatic rings. The Kier molecular flexibility index (Phi) is 6.14. The molecule has 27 heavy (non-hydrogen) atoms. The van der Waals surface area contributed by atoms with Crippen LogP contribution in [0.4, 0.5) is 19.3 Å². The highest BCUT2D eigenvalue weighted by Gasteiger charge is 2.22. The fourth-order valence-electron chi connectivity index (χ4n) is 2.48. The maximum Gasteiger partial charge on any atom is 0.408 e. The van der Waals surface area contributed by atoms with Crippen molar-refractivity contribution in [3.8, 4) is 11.3 Å². The monoisotopic (exact) mass is 379 g/mol. The van der Waals surface area contributed by atoms with Crippen LogP contribution in [0.2, 0.25) is 0 Å². The summed E-state index contributed by atoms with van der Waals surface area (Å²) < 4.78 is 32.2. The van der Waals surface area contributed by atoms with Crippen LogP contribution in [0.5, 0.6) is 0 Å². The molecule has 0 aliphatic rings. The van der Waals surface area contributed by atoms with Gasteiger partial charge in [-0.2, -0.15) is 13.9 Å². The molecule has 0 bridgehead atoms. The van der Waals surface area contributed by atoms with Gasteiger partial charge in [0, 0.05) is 11.8 Å². The Morgan fingerprint density at radius 2 is 2.19 bits per heavy atom. The highest BCUT2D eigenvalue weighted by Crippen LogP contribution is 2.30. The maximum atomic E-state index is 13.2. The van der Waals surface area contributed by atoms with Gasteiger partial charge in [-0.05, 0) is 39.3 Å². The number of alkyl halides is 2. The molecule has 146 valence electrons. The van der Waals surface area contributed by atoms with Crippen molar-refractivity contribution in [3.63, 3.8) is 0 Å². The van der Waals surface area contributed by atoms with Gasteiger partial charge in [0.1, 0.15) is 5.60 Å². The number of nitrogens with one attached hydrogen (secondary N) is 1. The fraction of sp³-hybridized carbons (Fsp3) is 0.389. The molecule has 0 aliphatic heterocycles. The second-order valence-corrected chi connectivity index (χ2v) is 6.86. The second-order valence-electron chi connectivity index (χ2n) is 6.86. The van der Waals surface area contributed by atoms with Gasteiger partial charge in [0.15, 0.2) is 0 Å². The molecule has 1 amide bonds. The molecule has 0 fully saturated rings. The Morgan fingerprint density at radius 1 is 1.48 bits per heavy atom. The Labute approximate surface area is 156 Å². The normalized spacial score (nSPS) is 12.7. The van der Waals surface area contributed by atoms with Crippen LogP contribution in [-0.4, -0.2) is 26.5 Å². The highest BCUT2D eigenvalue weighted by molar-refractivity contribution is 5.73. The van der Waals surface area contributed by atoms with E-state index in [9.17, 15) is 13.6 Å². The second kappa shape index (κ2) is 8.15. The Bertz CT molecular complexity index is 814. The Morgan fingerprint density at radius 3 is 2.78 bits per heavy atom. The highest BCUT2D eigenvalue weighted by atomic mass is 19.3. The van der Waals surface area contributed by atoms with Crippen LogP contribution in [0.25, 0.3) is 11.3 Å². The molecule has 7 nitrogen and oxygen atoms in total. The summed E-state index contributed by atoms with van der Waals surface area (Å²) in [6, 6.07) is 2.59. The Hall–Kier alpha value is -2.97. The first-order valence-corrected chi connectivity index (χ1v) is 8.30. The number of hydrogen-bond donors (Lipinski definition) is 2. The number of carbonyl (C=O) groups is 1. The average Bonchev–Trinajstić information content (AvgIpc) is 2.95. The molecule has 1 atom stereocenters. The van der Waals surface area contributed by atoms with Gasteiger partial charge in [-0.1, -0.05) is 6.08 Å². The number of amides is 1. The molecule has 0 unspecified atom stereocenters. The van der Waals surface area contributed by atoms with E-state index in [-0.39, 0.29) is 11.4 Å². The number of hydrogen-bond acceptors (Lipinski definition) is 5. The number of aromatic nitrogens is 3. The molecular weight excluding hydrogens is 356 g/mol. The lowest BCUT2D eigenvalue weighted by atomic mass is 10.1. The van der Waals surface area contributed by atoms with Crippen LogP contribution < -0.4 is 11.1 Å². The average molecular weight is 379 g/mol. The van der Waals surface area contributed by atoms with Crippen molar-refractivity contribution in [2.24, 2.45) is 0 Å². The van der Waals surface area contributed by atoms with Gasteiger partial charge in [-0.15, -0.1) is 6.58 Å². The minimum absolute atomic E-state index is 0.0864. The molecule has 3 N–H and O–H groups in total. The van der Waals surface area contributed by atoms with Crippen LogP contribution >= 0.6 is 0 Å². The number of halogens is 2. The first kappa shape index (κ1) is 20.3. The summed E-state index contributed by atoms with van der Waals surface area (Å²) in [5.74, 6) is 0. The van der Waals surface area contributed by atoms with Gasteiger partial charge in [0.25, 0.3) is 0 Å². The van der Waals surface area contributed by atoms with Gasteiger partial charge in [-0.3, -0.25) is 4.98 Å². The van der Waals surface area contributed by atoms with Gasteiger partial charge in [-0.25, -0.2) is 9.48 Å². The number of nitrogen functional groups attached to an aromatic ring is 1. The smallest absolute Gasteiger partial charge is 0.408 e. The van der Waals surface area contributed by atoms with Crippen molar-refractivity contribution in [2.45, 2.75) is 45.4 Å². The first-order chi connectivity index (χ1) is 12.6. The number of nitrogens with two attached hydrogens (primary N) is 1. The van der Waals surface area contributed by atoms with E-state index in [1.807, 2.05) is 0 Å². The lowest BCUT2D eigenvalue weighted by molar-refractivity contribution is 0.0502. The predicted molar refractivity (Wildman–Crippen MR) is 98.0 cm³/mol. The number of pyridine rings is 1. The van der Waals surface area contributed by atoms with E-state index < -0.39 is 24.3 Å². The third-order valence-corrected chi connectivity index (χ3v) is 3.51. The lowest BCUT2D eigenvalue weighted by Gasteiger charge is -2.23. The summed E-state index contributed by atoms with van der Waals surface area (Å²) in [5.41, 5.74) is 6.22. The fourth-order valence-corrected chi connectivity index (χ4v) is 2.48. The topological polar surface area (TPSA) is 95.1 Å². The van der Waals surface area contributed by atoms with Crippen molar-refractivity contribution >= 4 is 11.8 Å². The summed E-state index contributed by atoms with van der Waals surface area (Å²) in [7, 11) is 0. The van der Waals surface area contributed by atoms with Crippen molar-refractivity contribution in [1.82, 2.24) is 20.1 Å². The van der Waals surface area contributed by atoms with E-state index >= 15 is 0 Å². The lowest BCUT2D eigenvalue weighted by Crippen LogP contribution is -2.35. The van der Waals surface area contributed by atoms with Crippen LogP contribution in [0, 0.1) is 0 Å². The Balaban J connectivity index is 2.34. The minimum Gasteiger partial charge on any atom is -0.444 e. The number of ether oxygens (including phenoxy) is 1. The third kappa shape index (κ3) is 5.25. The molecule has 0 radical (unpaired) electrons. The van der Waals surface area contributed by atoms with Crippen LogP contribution in [0.1, 0.15) is 45.5 Å². The molecule has 9 heteroatoms. The van der Waals surface area contributed by atoms with Crippen molar-refractivity contribution < 1.29 is 18.3 Å². The number of rotatable bonds is 6. The largest absolute Gasteiger partial charge is 0.444 e. The molecule has 0 saturated carbocycles. The molecule has 0 aromatic carbocycles. The standard InChI is InChI=1S/C18H23F2N5O2/c1-5-6-13(24-17(26)27-18(2,3)4)14-9-11(7-8-22-14)15-12(21)10-23-25(15)16(19)20/h5,7-10,13,16H,1,6,21H2,2-4H3,(H,24,26)/t13-/m1/s1. The molecule has 2 heterocycles. The summed E-state index contributed by atoms with van der Waals surface area (Å²) in [6.07, 6.45) is 4.01. The van der Waals surface area contributed by atoms with Crippen LogP contribution in [-0.2, 0) is 4.74 Å². The van der Waals surface area contributed by atoms with E-state index in [1.54, 1.807) is 39.0 Å². The zero-order valence-corrected chi connectivity index (χ0v) is 15.4. The molecular formula is C18H23F2N5O2. The number of nitrogens with zero attached hydrogens (tertiary/aromatic N) is 3. The first-order valence-electron chi connectivity index (χ1n) is 8.30. The van der Waals surface area contributed by atoms with Crippen LogP contribution in [0.3, 0.4) is 0 Å². The van der Waals surface area contributed by atoms with E-state index in [2.05, 4.69) is 22.0 Å². The summed E-state index contributed by atoms with van der Waals surface area (Å²) in [4.78, 5) is 16.3. The summed E-state index contributed by atoms with van der Waals surface area (Å²) in [5, 5.41) is 6.33. The quantitative estimate of drug-likeness (QED) is 0.738. The van der Waals surface area contributed by atoms with E-state index in [1.165, 1.54) is 12.4 Å². The molecule has 0 aliphatic carbocycles. The van der Waals surface area contributed by atoms with E-state index in [0.717, 1.165) is 0 Å². The number of carbonyl (C=O) groups excluding carboxylic acids is 1. The van der Waals surface area contributed by atoms with Gasteiger partial charge in [0.05, 0.1) is 29.3 Å². The minimum atomic E-state index is -2.84. The number of anilines is 1. The number of alkyl carbamates (subject to hydrolysis) is 1. The summed E-state index contributed by atoms with van der Waals surface area (Å²) >= 11 is 0. The third-order valence-electron chi connectivity index (χ3n) is 3.51. The zero-order chi connectivity index (χ0) is 20.2. The SMILES string of the molecule is C=CC[C@@H](NC(=O)OC(C)(C)C)c1cc(-c2c(N)cnn2C(F)F)ccn1. The van der Waals surface area contributed by atoms with Gasteiger partial charge < -0.3 is 15.8 Å². The maximum absolute atomic E-state index is 13.2. The van der Waals surface area contributed by atoms with Crippen molar-refractivity contribution in [3.05, 3.63) is 42.9 Å². The predicted octanol–water partition coefficient (Wildman–Crippen LogP) is 4.06. The van der Waals surface area contributed by atoms with Crippen molar-refractivity contribution in [1.29, 1.82) is 0 Å². The van der Waals surface area contributed by atoms with E-state index in [4.69, 9.17) is 10.5 Å².